The molecule has 0 fully saturated rings. The van der Waals surface area contributed by atoms with Crippen LogP contribution in [0.25, 0.3) is 0 Å². The van der Waals surface area contributed by atoms with E-state index in [2.05, 4.69) is 10.1 Å². The van der Waals surface area contributed by atoms with Crippen molar-refractivity contribution in [2.24, 2.45) is 0 Å². The fourth-order valence-electron chi connectivity index (χ4n) is 2.38. The Morgan fingerprint density at radius 3 is 2.40 bits per heavy atom. The van der Waals surface area contributed by atoms with Crippen LogP contribution in [0.1, 0.15) is 5.56 Å². The summed E-state index contributed by atoms with van der Waals surface area (Å²) >= 11 is 12.2. The predicted octanol–water partition coefficient (Wildman–Crippen LogP) is 3.26. The summed E-state index contributed by atoms with van der Waals surface area (Å²) in [7, 11) is 0. The summed E-state index contributed by atoms with van der Waals surface area (Å²) in [6, 6.07) is 11.8. The maximum atomic E-state index is 10.8. The number of benzene rings is 2. The van der Waals surface area contributed by atoms with Gasteiger partial charge in [-0.2, -0.15) is 5.10 Å². The molecule has 3 rings (SSSR count). The molecular weight excluding hydrogens is 365 g/mol. The van der Waals surface area contributed by atoms with E-state index in [-0.39, 0.29) is 11.6 Å². The summed E-state index contributed by atoms with van der Waals surface area (Å²) in [5.41, 5.74) is -1.22. The smallest absolute Gasteiger partial charge is 0.137 e. The van der Waals surface area contributed by atoms with E-state index in [9.17, 15) is 10.2 Å². The van der Waals surface area contributed by atoms with Gasteiger partial charge < -0.3 is 14.9 Å². The highest BCUT2D eigenvalue weighted by Gasteiger charge is 2.32. The zero-order valence-electron chi connectivity index (χ0n) is 13.0. The highest BCUT2D eigenvalue weighted by Crippen LogP contribution is 2.34. The van der Waals surface area contributed by atoms with Crippen LogP contribution < -0.4 is 4.74 Å². The number of rotatable bonds is 6. The van der Waals surface area contributed by atoms with Crippen molar-refractivity contribution < 1.29 is 14.9 Å². The van der Waals surface area contributed by atoms with E-state index in [0.29, 0.717) is 22.1 Å². The Kier molecular flexibility index (Phi) is 5.24. The number of halogens is 2. The van der Waals surface area contributed by atoms with Gasteiger partial charge in [-0.3, -0.25) is 0 Å². The van der Waals surface area contributed by atoms with E-state index in [0.717, 1.165) is 0 Å². The minimum atomic E-state index is -1.59. The molecule has 2 aromatic carbocycles. The van der Waals surface area contributed by atoms with Crippen LogP contribution in [0.2, 0.25) is 10.0 Å². The van der Waals surface area contributed by atoms with Gasteiger partial charge in [0.1, 0.15) is 29.8 Å². The number of nitrogens with zero attached hydrogens (tertiary/aromatic N) is 3. The Bertz CT molecular complexity index is 841. The van der Waals surface area contributed by atoms with Gasteiger partial charge in [-0.1, -0.05) is 29.3 Å². The second-order valence-corrected chi connectivity index (χ2v) is 6.32. The van der Waals surface area contributed by atoms with Gasteiger partial charge in [0.2, 0.25) is 0 Å². The Morgan fingerprint density at radius 1 is 1.08 bits per heavy atom. The summed E-state index contributed by atoms with van der Waals surface area (Å²) < 4.78 is 7.13. The molecule has 25 heavy (non-hydrogen) atoms. The standard InChI is InChI=1S/C17H15Cl2N3O3/c18-12-1-3-13(4-2-12)25-14-5-6-15(16(19)7-14)17(24,9-23)8-22-11-20-10-21-22/h1-7,10-11,23-24H,8-9H2. The molecule has 0 aliphatic rings. The molecule has 0 aliphatic carbocycles. The number of aliphatic hydroxyl groups excluding tert-OH is 1. The highest BCUT2D eigenvalue weighted by molar-refractivity contribution is 6.31. The van der Waals surface area contributed by atoms with Gasteiger partial charge in [0.05, 0.1) is 18.2 Å². The van der Waals surface area contributed by atoms with Gasteiger partial charge in [-0.05, 0) is 36.4 Å². The van der Waals surface area contributed by atoms with Crippen LogP contribution >= 0.6 is 23.2 Å². The molecule has 1 unspecified atom stereocenters. The molecule has 130 valence electrons. The third-order valence-corrected chi connectivity index (χ3v) is 4.21. The largest absolute Gasteiger partial charge is 0.457 e. The number of ether oxygens (including phenoxy) is 1. The van der Waals surface area contributed by atoms with Gasteiger partial charge in [0.25, 0.3) is 0 Å². The van der Waals surface area contributed by atoms with Gasteiger partial charge in [0.15, 0.2) is 0 Å². The van der Waals surface area contributed by atoms with E-state index in [1.807, 2.05) is 0 Å². The lowest BCUT2D eigenvalue weighted by Crippen LogP contribution is -2.36. The van der Waals surface area contributed by atoms with Crippen LogP contribution in [0.5, 0.6) is 11.5 Å². The first kappa shape index (κ1) is 17.7. The summed E-state index contributed by atoms with van der Waals surface area (Å²) in [4.78, 5) is 3.82. The average Bonchev–Trinajstić information content (AvgIpc) is 3.09. The van der Waals surface area contributed by atoms with Crippen LogP contribution in [-0.2, 0) is 12.1 Å². The van der Waals surface area contributed by atoms with Crippen molar-refractivity contribution in [3.05, 3.63) is 70.7 Å². The molecule has 6 nitrogen and oxygen atoms in total. The van der Waals surface area contributed by atoms with Crippen LogP contribution in [0.4, 0.5) is 0 Å². The van der Waals surface area contributed by atoms with E-state index in [1.165, 1.54) is 17.3 Å². The molecule has 0 amide bonds. The van der Waals surface area contributed by atoms with Crippen LogP contribution in [0, 0.1) is 0 Å². The lowest BCUT2D eigenvalue weighted by molar-refractivity contribution is -0.0356. The van der Waals surface area contributed by atoms with Crippen molar-refractivity contribution in [1.82, 2.24) is 14.8 Å². The second-order valence-electron chi connectivity index (χ2n) is 5.48. The highest BCUT2D eigenvalue weighted by atomic mass is 35.5. The fourth-order valence-corrected chi connectivity index (χ4v) is 2.85. The Balaban J connectivity index is 1.83. The van der Waals surface area contributed by atoms with Gasteiger partial charge in [-0.15, -0.1) is 0 Å². The molecule has 1 aromatic heterocycles. The van der Waals surface area contributed by atoms with Gasteiger partial charge >= 0.3 is 0 Å². The van der Waals surface area contributed by atoms with Crippen molar-refractivity contribution in [1.29, 1.82) is 0 Å². The van der Waals surface area contributed by atoms with Gasteiger partial charge in [-0.25, -0.2) is 9.67 Å². The summed E-state index contributed by atoms with van der Waals surface area (Å²) in [6.45, 7) is -0.509. The Morgan fingerprint density at radius 2 is 1.80 bits per heavy atom. The van der Waals surface area contributed by atoms with Crippen molar-refractivity contribution >= 4 is 23.2 Å². The monoisotopic (exact) mass is 379 g/mol. The number of aliphatic hydroxyl groups is 2. The second kappa shape index (κ2) is 7.41. The Labute approximate surface area is 154 Å². The average molecular weight is 380 g/mol. The summed E-state index contributed by atoms with van der Waals surface area (Å²) in [5.74, 6) is 1.10. The molecule has 0 aliphatic heterocycles. The third-order valence-electron chi connectivity index (χ3n) is 3.64. The summed E-state index contributed by atoms with van der Waals surface area (Å²) in [6.07, 6.45) is 2.80. The zero-order chi connectivity index (χ0) is 17.9. The first-order chi connectivity index (χ1) is 12.0. The van der Waals surface area contributed by atoms with Crippen LogP contribution in [-0.4, -0.2) is 31.6 Å². The lowest BCUT2D eigenvalue weighted by atomic mass is 9.94. The summed E-state index contributed by atoms with van der Waals surface area (Å²) in [5, 5.41) is 25.3. The maximum Gasteiger partial charge on any atom is 0.137 e. The molecule has 1 heterocycles. The van der Waals surface area contributed by atoms with E-state index in [4.69, 9.17) is 27.9 Å². The first-order valence-corrected chi connectivity index (χ1v) is 8.15. The first-order valence-electron chi connectivity index (χ1n) is 7.39. The molecule has 0 spiro atoms. The predicted molar refractivity (Wildman–Crippen MR) is 94.0 cm³/mol. The Hall–Kier alpha value is -2.12. The molecule has 3 aromatic rings. The zero-order valence-corrected chi connectivity index (χ0v) is 14.5. The topological polar surface area (TPSA) is 80.4 Å². The lowest BCUT2D eigenvalue weighted by Gasteiger charge is -2.27. The van der Waals surface area contributed by atoms with Crippen LogP contribution in [0.3, 0.4) is 0 Å². The van der Waals surface area contributed by atoms with Crippen molar-refractivity contribution in [2.75, 3.05) is 6.61 Å². The number of hydrogen-bond acceptors (Lipinski definition) is 5. The number of hydrogen-bond donors (Lipinski definition) is 2. The minimum absolute atomic E-state index is 0.0145. The normalized spacial score (nSPS) is 13.4. The molecule has 0 radical (unpaired) electrons. The van der Waals surface area contributed by atoms with Crippen molar-refractivity contribution in [3.8, 4) is 11.5 Å². The van der Waals surface area contributed by atoms with E-state index < -0.39 is 12.2 Å². The molecule has 0 saturated carbocycles. The molecule has 0 bridgehead atoms. The minimum Gasteiger partial charge on any atom is -0.457 e. The van der Waals surface area contributed by atoms with Gasteiger partial charge in [0, 0.05) is 10.6 Å². The molecular formula is C17H15Cl2N3O3. The van der Waals surface area contributed by atoms with Crippen LogP contribution in [0.15, 0.2) is 55.1 Å². The number of aromatic nitrogens is 3. The molecule has 8 heteroatoms. The third kappa shape index (κ3) is 4.11. The molecule has 2 N–H and O–H groups in total. The van der Waals surface area contributed by atoms with E-state index >= 15 is 0 Å². The molecule has 1 atom stereocenters. The fraction of sp³-hybridized carbons (Fsp3) is 0.176. The molecule has 0 saturated heterocycles. The quantitative estimate of drug-likeness (QED) is 0.686. The van der Waals surface area contributed by atoms with E-state index in [1.54, 1.807) is 42.5 Å². The van der Waals surface area contributed by atoms with Crippen molar-refractivity contribution in [3.63, 3.8) is 0 Å². The van der Waals surface area contributed by atoms with Crippen molar-refractivity contribution in [2.45, 2.75) is 12.1 Å². The maximum absolute atomic E-state index is 10.8. The SMILES string of the molecule is OCC(O)(Cn1cncn1)c1ccc(Oc2ccc(Cl)cc2)cc1Cl.